The highest BCUT2D eigenvalue weighted by Crippen LogP contribution is 2.41. The van der Waals surface area contributed by atoms with Gasteiger partial charge in [0.15, 0.2) is 0 Å². The van der Waals surface area contributed by atoms with Crippen molar-refractivity contribution in [3.63, 3.8) is 0 Å². The van der Waals surface area contributed by atoms with Gasteiger partial charge < -0.3 is 15.2 Å². The van der Waals surface area contributed by atoms with Crippen LogP contribution in [0.2, 0.25) is 0 Å². The second kappa shape index (κ2) is 7.30. The van der Waals surface area contributed by atoms with Crippen molar-refractivity contribution in [2.45, 2.75) is 6.04 Å². The zero-order valence-corrected chi connectivity index (χ0v) is 16.8. The number of ether oxygens (including phenoxy) is 2. The van der Waals surface area contributed by atoms with Crippen molar-refractivity contribution < 1.29 is 9.47 Å². The molecule has 0 fully saturated rings. The average Bonchev–Trinajstić information content (AvgIpc) is 2.48. The number of hydrogen-bond donors (Lipinski definition) is 1. The zero-order chi connectivity index (χ0) is 15.6. The van der Waals surface area contributed by atoms with Gasteiger partial charge in [-0.05, 0) is 74.4 Å². The Bertz CT molecular complexity index is 664. The van der Waals surface area contributed by atoms with E-state index in [0.29, 0.717) is 11.5 Å². The minimum absolute atomic E-state index is 0.300. The largest absolute Gasteiger partial charge is 0.495 e. The van der Waals surface area contributed by atoms with Gasteiger partial charge in [0.2, 0.25) is 0 Å². The first-order valence-corrected chi connectivity index (χ1v) is 8.77. The van der Waals surface area contributed by atoms with E-state index in [1.807, 2.05) is 24.3 Å². The molecule has 0 radical (unpaired) electrons. The van der Waals surface area contributed by atoms with Crippen LogP contribution in [-0.4, -0.2) is 14.2 Å². The van der Waals surface area contributed by atoms with Gasteiger partial charge in [-0.25, -0.2) is 0 Å². The first-order valence-electron chi connectivity index (χ1n) is 6.10. The fourth-order valence-electron chi connectivity index (χ4n) is 2.08. The summed E-state index contributed by atoms with van der Waals surface area (Å²) in [4.78, 5) is 0. The second-order valence-electron chi connectivity index (χ2n) is 4.35. The first kappa shape index (κ1) is 17.1. The molecule has 0 saturated carbocycles. The van der Waals surface area contributed by atoms with E-state index in [1.54, 1.807) is 14.2 Å². The third-order valence-corrected chi connectivity index (χ3v) is 5.29. The molecule has 6 heteroatoms. The quantitative estimate of drug-likeness (QED) is 0.578. The van der Waals surface area contributed by atoms with Crippen molar-refractivity contribution in [1.82, 2.24) is 0 Å². The summed E-state index contributed by atoms with van der Waals surface area (Å²) in [5.74, 6) is 1.40. The van der Waals surface area contributed by atoms with Crippen molar-refractivity contribution in [3.05, 3.63) is 54.0 Å². The summed E-state index contributed by atoms with van der Waals surface area (Å²) in [5.41, 5.74) is 8.36. The van der Waals surface area contributed by atoms with Gasteiger partial charge in [0.05, 0.1) is 20.3 Å². The highest BCUT2D eigenvalue weighted by molar-refractivity contribution is 14.1. The highest BCUT2D eigenvalue weighted by Gasteiger charge is 2.20. The van der Waals surface area contributed by atoms with Crippen LogP contribution in [0.4, 0.5) is 0 Å². The van der Waals surface area contributed by atoms with E-state index >= 15 is 0 Å². The Morgan fingerprint density at radius 3 is 2.38 bits per heavy atom. The Kier molecular flexibility index (Phi) is 5.93. The van der Waals surface area contributed by atoms with Crippen LogP contribution < -0.4 is 15.2 Å². The van der Waals surface area contributed by atoms with Gasteiger partial charge in [-0.15, -0.1) is 0 Å². The van der Waals surface area contributed by atoms with Crippen LogP contribution in [0.5, 0.6) is 11.5 Å². The molecule has 112 valence electrons. The molecule has 0 bridgehead atoms. The standard InChI is InChI=1S/C15H14Br2INO2/c1-20-12-6-4-9(15(21-2)13(12)17)14(19)10-7-8(18)3-5-11(10)16/h3-7,14H,19H2,1-2H3. The van der Waals surface area contributed by atoms with E-state index in [9.17, 15) is 0 Å². The summed E-state index contributed by atoms with van der Waals surface area (Å²) < 4.78 is 13.7. The smallest absolute Gasteiger partial charge is 0.141 e. The highest BCUT2D eigenvalue weighted by atomic mass is 127. The average molecular weight is 527 g/mol. The van der Waals surface area contributed by atoms with E-state index < -0.39 is 0 Å². The fourth-order valence-corrected chi connectivity index (χ4v) is 3.78. The van der Waals surface area contributed by atoms with E-state index in [4.69, 9.17) is 15.2 Å². The maximum absolute atomic E-state index is 6.45. The summed E-state index contributed by atoms with van der Waals surface area (Å²) in [5, 5.41) is 0. The Balaban J connectivity index is 2.55. The molecule has 21 heavy (non-hydrogen) atoms. The minimum atomic E-state index is -0.300. The van der Waals surface area contributed by atoms with Crippen molar-refractivity contribution in [2.75, 3.05) is 14.2 Å². The number of hydrogen-bond acceptors (Lipinski definition) is 3. The van der Waals surface area contributed by atoms with Gasteiger partial charge in [-0.1, -0.05) is 15.9 Å². The molecule has 0 aliphatic heterocycles. The van der Waals surface area contributed by atoms with E-state index in [2.05, 4.69) is 60.5 Å². The lowest BCUT2D eigenvalue weighted by molar-refractivity contribution is 0.385. The molecule has 3 nitrogen and oxygen atoms in total. The van der Waals surface area contributed by atoms with Crippen LogP contribution in [0.15, 0.2) is 39.3 Å². The second-order valence-corrected chi connectivity index (χ2v) is 7.24. The zero-order valence-electron chi connectivity index (χ0n) is 11.5. The summed E-state index contributed by atoms with van der Waals surface area (Å²) in [6.07, 6.45) is 0. The van der Waals surface area contributed by atoms with Crippen LogP contribution in [-0.2, 0) is 0 Å². The third kappa shape index (κ3) is 3.55. The Morgan fingerprint density at radius 1 is 1.05 bits per heavy atom. The third-order valence-electron chi connectivity index (χ3n) is 3.14. The van der Waals surface area contributed by atoms with Crippen LogP contribution in [0.1, 0.15) is 17.2 Å². The molecule has 1 unspecified atom stereocenters. The van der Waals surface area contributed by atoms with Gasteiger partial charge >= 0.3 is 0 Å². The molecule has 0 aliphatic rings. The molecule has 0 aromatic heterocycles. The summed E-state index contributed by atoms with van der Waals surface area (Å²) in [7, 11) is 3.24. The lowest BCUT2D eigenvalue weighted by Gasteiger charge is -2.20. The number of benzene rings is 2. The van der Waals surface area contributed by atoms with E-state index in [0.717, 1.165) is 23.6 Å². The minimum Gasteiger partial charge on any atom is -0.495 e. The van der Waals surface area contributed by atoms with Gasteiger partial charge in [-0.2, -0.15) is 0 Å². The van der Waals surface area contributed by atoms with Crippen molar-refractivity contribution in [1.29, 1.82) is 0 Å². The van der Waals surface area contributed by atoms with Gasteiger partial charge in [0.1, 0.15) is 16.0 Å². The number of methoxy groups -OCH3 is 2. The Labute approximate surface area is 154 Å². The van der Waals surface area contributed by atoms with Crippen LogP contribution in [0.3, 0.4) is 0 Å². The predicted molar refractivity (Wildman–Crippen MR) is 100 cm³/mol. The van der Waals surface area contributed by atoms with E-state index in [1.165, 1.54) is 0 Å². The molecule has 2 N–H and O–H groups in total. The molecule has 1 atom stereocenters. The molecule has 0 heterocycles. The summed E-state index contributed by atoms with van der Waals surface area (Å²) in [6, 6.07) is 9.60. The number of nitrogens with two attached hydrogens (primary N) is 1. The molecular weight excluding hydrogens is 513 g/mol. The molecule has 0 amide bonds. The normalized spacial score (nSPS) is 12.1. The monoisotopic (exact) mass is 525 g/mol. The van der Waals surface area contributed by atoms with Gasteiger partial charge in [-0.3, -0.25) is 0 Å². The van der Waals surface area contributed by atoms with Crippen LogP contribution >= 0.6 is 54.5 Å². The molecular formula is C15H14Br2INO2. The lowest BCUT2D eigenvalue weighted by Crippen LogP contribution is -2.14. The molecule has 0 spiro atoms. The van der Waals surface area contributed by atoms with Crippen molar-refractivity contribution in [2.24, 2.45) is 5.73 Å². The summed E-state index contributed by atoms with van der Waals surface area (Å²) in [6.45, 7) is 0. The van der Waals surface area contributed by atoms with Gasteiger partial charge in [0.25, 0.3) is 0 Å². The fraction of sp³-hybridized carbons (Fsp3) is 0.200. The summed E-state index contributed by atoms with van der Waals surface area (Å²) >= 11 is 9.34. The molecule has 0 saturated heterocycles. The van der Waals surface area contributed by atoms with Gasteiger partial charge in [0, 0.05) is 13.6 Å². The van der Waals surface area contributed by atoms with Crippen LogP contribution in [0, 0.1) is 3.57 Å². The Morgan fingerprint density at radius 2 is 1.76 bits per heavy atom. The topological polar surface area (TPSA) is 44.5 Å². The van der Waals surface area contributed by atoms with Crippen molar-refractivity contribution in [3.8, 4) is 11.5 Å². The first-order chi connectivity index (χ1) is 9.99. The molecule has 0 aliphatic carbocycles. The number of halogens is 3. The molecule has 2 aromatic rings. The maximum Gasteiger partial charge on any atom is 0.141 e. The number of rotatable bonds is 4. The van der Waals surface area contributed by atoms with Crippen LogP contribution in [0.25, 0.3) is 0 Å². The Hall–Kier alpha value is -0.310. The van der Waals surface area contributed by atoms with E-state index in [-0.39, 0.29) is 6.04 Å². The molecule has 2 aromatic carbocycles. The predicted octanol–water partition coefficient (Wildman–Crippen LogP) is 4.88. The lowest BCUT2D eigenvalue weighted by atomic mass is 9.98. The SMILES string of the molecule is COc1ccc(C(N)c2cc(I)ccc2Br)c(OC)c1Br. The maximum atomic E-state index is 6.45. The molecule has 2 rings (SSSR count). The van der Waals surface area contributed by atoms with Crippen molar-refractivity contribution >= 4 is 54.5 Å².